The molecule has 0 aliphatic carbocycles. The van der Waals surface area contributed by atoms with Crippen LogP contribution in [0.1, 0.15) is 25.3 Å². The first-order valence-electron chi connectivity index (χ1n) is 9.42. The van der Waals surface area contributed by atoms with Gasteiger partial charge in [-0.1, -0.05) is 42.8 Å². The van der Waals surface area contributed by atoms with Gasteiger partial charge in [-0.15, -0.1) is 0 Å². The minimum Gasteiger partial charge on any atom is -0.497 e. The molecule has 158 valence electrons. The van der Waals surface area contributed by atoms with Gasteiger partial charge in [0, 0.05) is 17.6 Å². The Hall–Kier alpha value is -2.25. The molecule has 2 rings (SSSR count). The van der Waals surface area contributed by atoms with Gasteiger partial charge in [-0.3, -0.25) is 9.10 Å². The fourth-order valence-corrected chi connectivity index (χ4v) is 4.55. The van der Waals surface area contributed by atoms with Crippen molar-refractivity contribution >= 4 is 33.2 Å². The van der Waals surface area contributed by atoms with Crippen molar-refractivity contribution in [2.75, 3.05) is 24.2 Å². The summed E-state index contributed by atoms with van der Waals surface area (Å²) >= 11 is 6.15. The molecule has 0 heterocycles. The minimum absolute atomic E-state index is 0.333. The molecule has 0 saturated heterocycles. The van der Waals surface area contributed by atoms with E-state index in [-0.39, 0.29) is 5.91 Å². The molecule has 2 aromatic carbocycles. The molecule has 0 spiro atoms. The quantitative estimate of drug-likeness (QED) is 0.574. The molecule has 6 nitrogen and oxygen atoms in total. The van der Waals surface area contributed by atoms with E-state index in [0.717, 1.165) is 22.5 Å². The molecular weight excluding hydrogens is 412 g/mol. The van der Waals surface area contributed by atoms with Crippen molar-refractivity contribution in [2.24, 2.45) is 0 Å². The summed E-state index contributed by atoms with van der Waals surface area (Å²) in [7, 11) is -2.17. The number of anilines is 1. The Labute approximate surface area is 177 Å². The molecule has 0 aliphatic rings. The van der Waals surface area contributed by atoms with E-state index < -0.39 is 16.1 Å². The van der Waals surface area contributed by atoms with Crippen LogP contribution in [-0.4, -0.2) is 40.3 Å². The van der Waals surface area contributed by atoms with Crippen molar-refractivity contribution in [3.05, 3.63) is 59.1 Å². The first kappa shape index (κ1) is 23.0. The largest absolute Gasteiger partial charge is 0.497 e. The van der Waals surface area contributed by atoms with Crippen LogP contribution in [0, 0.1) is 0 Å². The monoisotopic (exact) mass is 438 g/mol. The Bertz CT molecular complexity index is 934. The maximum Gasteiger partial charge on any atom is 0.243 e. The van der Waals surface area contributed by atoms with Gasteiger partial charge in [0.15, 0.2) is 0 Å². The van der Waals surface area contributed by atoms with E-state index >= 15 is 0 Å². The molecule has 0 aliphatic heterocycles. The van der Waals surface area contributed by atoms with Crippen LogP contribution in [0.15, 0.2) is 48.5 Å². The van der Waals surface area contributed by atoms with Gasteiger partial charge in [0.05, 0.1) is 19.1 Å². The molecule has 8 heteroatoms. The van der Waals surface area contributed by atoms with Crippen molar-refractivity contribution < 1.29 is 17.9 Å². The normalized spacial score (nSPS) is 12.3. The lowest BCUT2D eigenvalue weighted by atomic mass is 10.1. The van der Waals surface area contributed by atoms with Crippen LogP contribution in [-0.2, 0) is 21.2 Å². The number of nitrogens with one attached hydrogen (secondary N) is 1. The van der Waals surface area contributed by atoms with Gasteiger partial charge in [-0.05, 0) is 43.0 Å². The number of sulfonamides is 1. The van der Waals surface area contributed by atoms with E-state index in [1.165, 1.54) is 7.11 Å². The smallest absolute Gasteiger partial charge is 0.243 e. The minimum atomic E-state index is -3.68. The van der Waals surface area contributed by atoms with E-state index in [0.29, 0.717) is 35.8 Å². The van der Waals surface area contributed by atoms with Gasteiger partial charge in [0.2, 0.25) is 15.9 Å². The van der Waals surface area contributed by atoms with Gasteiger partial charge in [0.25, 0.3) is 0 Å². The Balaban J connectivity index is 2.09. The van der Waals surface area contributed by atoms with Crippen LogP contribution in [0.2, 0.25) is 5.02 Å². The molecule has 2 aromatic rings. The molecule has 1 atom stereocenters. The number of rotatable bonds is 10. The molecule has 0 fully saturated rings. The topological polar surface area (TPSA) is 75.7 Å². The van der Waals surface area contributed by atoms with Crippen LogP contribution in [0.25, 0.3) is 0 Å². The highest BCUT2D eigenvalue weighted by Gasteiger charge is 2.31. The van der Waals surface area contributed by atoms with Crippen molar-refractivity contribution in [2.45, 2.75) is 32.2 Å². The van der Waals surface area contributed by atoms with Crippen LogP contribution in [0.4, 0.5) is 5.69 Å². The third-order valence-corrected chi connectivity index (χ3v) is 6.07. The summed E-state index contributed by atoms with van der Waals surface area (Å²) in [5, 5.41) is 3.56. The Morgan fingerprint density at radius 1 is 1.21 bits per heavy atom. The number of benzene rings is 2. The first-order valence-corrected chi connectivity index (χ1v) is 11.6. The molecular formula is C21H27ClN2O4S. The summed E-state index contributed by atoms with van der Waals surface area (Å²) in [5.41, 5.74) is 1.41. The van der Waals surface area contributed by atoms with E-state index in [9.17, 15) is 13.2 Å². The molecule has 1 N–H and O–H groups in total. The SMILES string of the molecule is CC[C@H](C(=O)NCCCc1ccccc1Cl)N(c1cccc(OC)c1)S(C)(=O)=O. The highest BCUT2D eigenvalue weighted by Crippen LogP contribution is 2.26. The maximum atomic E-state index is 12.8. The number of hydrogen-bond acceptors (Lipinski definition) is 4. The number of carbonyl (C=O) groups is 1. The summed E-state index contributed by atoms with van der Waals surface area (Å²) in [6, 6.07) is 13.4. The van der Waals surface area contributed by atoms with Crippen LogP contribution >= 0.6 is 11.6 Å². The van der Waals surface area contributed by atoms with Crippen molar-refractivity contribution in [3.8, 4) is 5.75 Å². The number of halogens is 1. The van der Waals surface area contributed by atoms with Crippen molar-refractivity contribution in [1.29, 1.82) is 0 Å². The van der Waals surface area contributed by atoms with Crippen molar-refractivity contribution in [1.82, 2.24) is 5.32 Å². The van der Waals surface area contributed by atoms with E-state index in [2.05, 4.69) is 5.32 Å². The average molecular weight is 439 g/mol. The Kier molecular flexibility index (Phi) is 8.34. The average Bonchev–Trinajstić information content (AvgIpc) is 2.69. The number of amides is 1. The lowest BCUT2D eigenvalue weighted by Gasteiger charge is -2.30. The standard InChI is InChI=1S/C21H27ClN2O4S/c1-4-20(21(25)23-14-8-10-16-9-5-6-13-19(16)22)24(29(3,26)27)17-11-7-12-18(15-17)28-2/h5-7,9,11-13,15,20H,4,8,10,14H2,1-3H3,(H,23,25)/t20-/m1/s1. The molecule has 0 radical (unpaired) electrons. The van der Waals surface area contributed by atoms with Gasteiger partial charge in [-0.25, -0.2) is 8.42 Å². The third kappa shape index (κ3) is 6.37. The molecule has 0 bridgehead atoms. The summed E-state index contributed by atoms with van der Waals surface area (Å²) in [5.74, 6) is 0.186. The number of methoxy groups -OCH3 is 1. The van der Waals surface area contributed by atoms with E-state index in [4.69, 9.17) is 16.3 Å². The second-order valence-corrected chi connectivity index (χ2v) is 8.94. The number of aryl methyl sites for hydroxylation is 1. The highest BCUT2D eigenvalue weighted by molar-refractivity contribution is 7.92. The predicted molar refractivity (Wildman–Crippen MR) is 117 cm³/mol. The third-order valence-electron chi connectivity index (χ3n) is 4.52. The molecule has 0 saturated carbocycles. The maximum absolute atomic E-state index is 12.8. The van der Waals surface area contributed by atoms with E-state index in [1.54, 1.807) is 31.2 Å². The fourth-order valence-electron chi connectivity index (χ4n) is 3.12. The zero-order chi connectivity index (χ0) is 21.4. The molecule has 29 heavy (non-hydrogen) atoms. The van der Waals surface area contributed by atoms with Crippen molar-refractivity contribution in [3.63, 3.8) is 0 Å². The molecule has 0 unspecified atom stereocenters. The summed E-state index contributed by atoms with van der Waals surface area (Å²) < 4.78 is 31.3. The van der Waals surface area contributed by atoms with E-state index in [1.807, 2.05) is 24.3 Å². The Morgan fingerprint density at radius 2 is 1.93 bits per heavy atom. The summed E-state index contributed by atoms with van der Waals surface area (Å²) in [6.07, 6.45) is 2.85. The highest BCUT2D eigenvalue weighted by atomic mass is 35.5. The second kappa shape index (κ2) is 10.5. The van der Waals surface area contributed by atoms with Crippen LogP contribution < -0.4 is 14.4 Å². The molecule has 1 amide bonds. The number of nitrogens with zero attached hydrogens (tertiary/aromatic N) is 1. The zero-order valence-electron chi connectivity index (χ0n) is 16.9. The zero-order valence-corrected chi connectivity index (χ0v) is 18.5. The lowest BCUT2D eigenvalue weighted by Crippen LogP contribution is -2.49. The predicted octanol–water partition coefficient (Wildman–Crippen LogP) is 3.64. The number of hydrogen-bond donors (Lipinski definition) is 1. The molecule has 0 aromatic heterocycles. The van der Waals surface area contributed by atoms with Gasteiger partial charge in [0.1, 0.15) is 11.8 Å². The number of carbonyl (C=O) groups excluding carboxylic acids is 1. The first-order chi connectivity index (χ1) is 13.8. The fraction of sp³-hybridized carbons (Fsp3) is 0.381. The van der Waals surface area contributed by atoms with Gasteiger partial charge < -0.3 is 10.1 Å². The van der Waals surface area contributed by atoms with Gasteiger partial charge >= 0.3 is 0 Å². The second-order valence-electron chi connectivity index (χ2n) is 6.67. The Morgan fingerprint density at radius 3 is 2.55 bits per heavy atom. The number of ether oxygens (including phenoxy) is 1. The van der Waals surface area contributed by atoms with Crippen LogP contribution in [0.5, 0.6) is 5.75 Å². The summed E-state index contributed by atoms with van der Waals surface area (Å²) in [6.45, 7) is 2.21. The lowest BCUT2D eigenvalue weighted by molar-refractivity contribution is -0.122. The van der Waals surface area contributed by atoms with Gasteiger partial charge in [-0.2, -0.15) is 0 Å². The van der Waals surface area contributed by atoms with Crippen LogP contribution in [0.3, 0.4) is 0 Å². The summed E-state index contributed by atoms with van der Waals surface area (Å²) in [4.78, 5) is 12.8.